The van der Waals surface area contributed by atoms with Crippen molar-refractivity contribution >= 4 is 5.82 Å². The van der Waals surface area contributed by atoms with Gasteiger partial charge in [-0.25, -0.2) is 4.98 Å². The molecule has 0 saturated carbocycles. The lowest BCUT2D eigenvalue weighted by molar-refractivity contribution is 0.458. The van der Waals surface area contributed by atoms with Crippen LogP contribution in [0, 0.1) is 0 Å². The second-order valence-electron chi connectivity index (χ2n) is 5.54. The molecule has 0 amide bonds. The second-order valence-corrected chi connectivity index (χ2v) is 5.54. The lowest BCUT2D eigenvalue weighted by atomic mass is 9.94. The summed E-state index contributed by atoms with van der Waals surface area (Å²) in [5, 5.41) is 7.11. The molecule has 0 fully saturated rings. The number of nitrogens with zero attached hydrogens (tertiary/aromatic N) is 3. The second kappa shape index (κ2) is 4.77. The van der Waals surface area contributed by atoms with Gasteiger partial charge in [-0.05, 0) is 6.42 Å². The van der Waals surface area contributed by atoms with E-state index in [1.165, 1.54) is 5.56 Å². The Morgan fingerprint density at radius 2 is 2.10 bits per heavy atom. The van der Waals surface area contributed by atoms with Crippen LogP contribution in [-0.2, 0) is 13.0 Å². The topological polar surface area (TPSA) is 72.5 Å². The molecule has 0 spiro atoms. The van der Waals surface area contributed by atoms with E-state index in [9.17, 15) is 0 Å². The highest BCUT2D eigenvalue weighted by molar-refractivity contribution is 5.58. The van der Waals surface area contributed by atoms with Crippen molar-refractivity contribution in [1.82, 2.24) is 19.7 Å². The highest BCUT2D eigenvalue weighted by Gasteiger charge is 2.24. The van der Waals surface area contributed by atoms with Crippen LogP contribution in [0.25, 0.3) is 11.3 Å². The number of anilines is 1. The third-order valence-corrected chi connectivity index (χ3v) is 4.11. The van der Waals surface area contributed by atoms with Crippen molar-refractivity contribution < 1.29 is 0 Å². The first-order valence-electron chi connectivity index (χ1n) is 7.22. The van der Waals surface area contributed by atoms with E-state index >= 15 is 0 Å². The molecule has 3 aromatic rings. The smallest absolute Gasteiger partial charge is 0.119 e. The summed E-state index contributed by atoms with van der Waals surface area (Å²) in [7, 11) is 0. The summed E-state index contributed by atoms with van der Waals surface area (Å²) in [5.41, 5.74) is 8.98. The number of aromatic nitrogens is 4. The number of imidazole rings is 1. The van der Waals surface area contributed by atoms with Gasteiger partial charge in [0, 0.05) is 36.7 Å². The van der Waals surface area contributed by atoms with Crippen LogP contribution >= 0.6 is 0 Å². The van der Waals surface area contributed by atoms with E-state index < -0.39 is 0 Å². The molecule has 0 saturated heterocycles. The summed E-state index contributed by atoms with van der Waals surface area (Å²) in [5.74, 6) is 2.16. The van der Waals surface area contributed by atoms with Crippen LogP contribution in [0.4, 0.5) is 5.82 Å². The molecule has 1 atom stereocenters. The van der Waals surface area contributed by atoms with Crippen LogP contribution in [0.5, 0.6) is 0 Å². The van der Waals surface area contributed by atoms with Gasteiger partial charge in [-0.1, -0.05) is 30.3 Å². The highest BCUT2D eigenvalue weighted by atomic mass is 15.2. The molecular weight excluding hydrogens is 262 g/mol. The van der Waals surface area contributed by atoms with Crippen molar-refractivity contribution in [3.63, 3.8) is 0 Å². The SMILES string of the molecule is Nc1cc(C2CCn3cc(-c4ccccc4)nc3C2)n[nH]1. The number of hydrogen-bond donors (Lipinski definition) is 2. The summed E-state index contributed by atoms with van der Waals surface area (Å²) in [6.07, 6.45) is 4.14. The monoisotopic (exact) mass is 279 g/mol. The fraction of sp³-hybridized carbons (Fsp3) is 0.250. The molecule has 0 bridgehead atoms. The molecule has 21 heavy (non-hydrogen) atoms. The molecule has 1 aromatic carbocycles. The molecule has 0 aliphatic carbocycles. The van der Waals surface area contributed by atoms with Crippen LogP contribution in [0.3, 0.4) is 0 Å². The van der Waals surface area contributed by atoms with Crippen LogP contribution in [0.15, 0.2) is 42.6 Å². The fourth-order valence-electron chi connectivity index (χ4n) is 2.99. The summed E-state index contributed by atoms with van der Waals surface area (Å²) in [6.45, 7) is 0.979. The molecule has 1 aliphatic heterocycles. The third kappa shape index (κ3) is 2.20. The molecule has 2 aromatic heterocycles. The van der Waals surface area contributed by atoms with Crippen molar-refractivity contribution in [3.05, 3.63) is 54.1 Å². The van der Waals surface area contributed by atoms with Crippen molar-refractivity contribution in [2.24, 2.45) is 0 Å². The number of nitrogens with one attached hydrogen (secondary N) is 1. The average molecular weight is 279 g/mol. The Labute approximate surface area is 122 Å². The fourth-order valence-corrected chi connectivity index (χ4v) is 2.99. The highest BCUT2D eigenvalue weighted by Crippen LogP contribution is 2.30. The van der Waals surface area contributed by atoms with E-state index in [0.717, 1.165) is 36.6 Å². The first kappa shape index (κ1) is 12.2. The predicted octanol–water partition coefficient (Wildman–Crippen LogP) is 2.59. The van der Waals surface area contributed by atoms with E-state index in [4.69, 9.17) is 10.7 Å². The molecular formula is C16H17N5. The minimum atomic E-state index is 0.400. The molecule has 0 radical (unpaired) electrons. The summed E-state index contributed by atoms with van der Waals surface area (Å²) >= 11 is 0. The van der Waals surface area contributed by atoms with Crippen LogP contribution in [0.1, 0.15) is 23.9 Å². The number of aryl methyl sites for hydroxylation is 1. The zero-order valence-corrected chi connectivity index (χ0v) is 11.7. The minimum absolute atomic E-state index is 0.400. The van der Waals surface area contributed by atoms with Gasteiger partial charge in [0.05, 0.1) is 11.4 Å². The number of rotatable bonds is 2. The van der Waals surface area contributed by atoms with Crippen molar-refractivity contribution in [2.45, 2.75) is 25.3 Å². The zero-order valence-electron chi connectivity index (χ0n) is 11.7. The largest absolute Gasteiger partial charge is 0.384 e. The van der Waals surface area contributed by atoms with E-state index in [1.54, 1.807) is 0 Å². The number of benzene rings is 1. The Hall–Kier alpha value is -2.56. The van der Waals surface area contributed by atoms with Gasteiger partial charge in [-0.15, -0.1) is 0 Å². The summed E-state index contributed by atoms with van der Waals surface area (Å²) in [6, 6.07) is 12.2. The molecule has 3 N–H and O–H groups in total. The normalized spacial score (nSPS) is 17.6. The standard InChI is InChI=1S/C16H17N5/c17-15-9-13(19-20-15)12-6-7-21-10-14(18-16(21)8-12)11-4-2-1-3-5-11/h1-5,9-10,12H,6-8H2,(H3,17,19,20). The lowest BCUT2D eigenvalue weighted by Crippen LogP contribution is -2.18. The maximum absolute atomic E-state index is 5.72. The average Bonchev–Trinajstić information content (AvgIpc) is 3.13. The summed E-state index contributed by atoms with van der Waals surface area (Å²) < 4.78 is 2.26. The van der Waals surface area contributed by atoms with Gasteiger partial charge in [0.1, 0.15) is 11.6 Å². The molecule has 4 rings (SSSR count). The van der Waals surface area contributed by atoms with Crippen LogP contribution < -0.4 is 5.73 Å². The van der Waals surface area contributed by atoms with Crippen molar-refractivity contribution in [1.29, 1.82) is 0 Å². The number of fused-ring (bicyclic) bond motifs is 1. The maximum atomic E-state index is 5.72. The quantitative estimate of drug-likeness (QED) is 0.757. The Morgan fingerprint density at radius 1 is 1.24 bits per heavy atom. The number of hydrogen-bond acceptors (Lipinski definition) is 3. The van der Waals surface area contributed by atoms with Gasteiger partial charge in [0.15, 0.2) is 0 Å². The molecule has 5 heteroatoms. The van der Waals surface area contributed by atoms with E-state index in [0.29, 0.717) is 11.7 Å². The molecule has 3 heterocycles. The van der Waals surface area contributed by atoms with Crippen molar-refractivity contribution in [2.75, 3.05) is 5.73 Å². The minimum Gasteiger partial charge on any atom is -0.384 e. The lowest BCUT2D eigenvalue weighted by Gasteiger charge is -2.21. The van der Waals surface area contributed by atoms with Gasteiger partial charge in [-0.2, -0.15) is 5.10 Å². The first-order chi connectivity index (χ1) is 10.3. The summed E-state index contributed by atoms with van der Waals surface area (Å²) in [4.78, 5) is 4.80. The van der Waals surface area contributed by atoms with Crippen LogP contribution in [0.2, 0.25) is 0 Å². The Balaban J connectivity index is 1.63. The first-order valence-corrected chi connectivity index (χ1v) is 7.22. The van der Waals surface area contributed by atoms with Gasteiger partial charge >= 0.3 is 0 Å². The maximum Gasteiger partial charge on any atom is 0.119 e. The van der Waals surface area contributed by atoms with Gasteiger partial charge < -0.3 is 10.3 Å². The third-order valence-electron chi connectivity index (χ3n) is 4.11. The molecule has 1 unspecified atom stereocenters. The van der Waals surface area contributed by atoms with E-state index in [2.05, 4.69) is 33.1 Å². The van der Waals surface area contributed by atoms with E-state index in [-0.39, 0.29) is 0 Å². The Bertz CT molecular complexity index is 756. The van der Waals surface area contributed by atoms with Gasteiger partial charge in [0.2, 0.25) is 0 Å². The molecule has 1 aliphatic rings. The van der Waals surface area contributed by atoms with Crippen molar-refractivity contribution in [3.8, 4) is 11.3 Å². The number of H-pyrrole nitrogens is 1. The molecule has 5 nitrogen and oxygen atoms in total. The van der Waals surface area contributed by atoms with Gasteiger partial charge in [-0.3, -0.25) is 5.10 Å². The number of nitrogens with two attached hydrogens (primary N) is 1. The van der Waals surface area contributed by atoms with E-state index in [1.807, 2.05) is 24.3 Å². The van der Waals surface area contributed by atoms with Crippen LogP contribution in [-0.4, -0.2) is 19.7 Å². The molecule has 106 valence electrons. The van der Waals surface area contributed by atoms with Gasteiger partial charge in [0.25, 0.3) is 0 Å². The number of aromatic amines is 1. The number of nitrogen functional groups attached to an aromatic ring is 1. The predicted molar refractivity (Wildman–Crippen MR) is 81.7 cm³/mol. The zero-order chi connectivity index (χ0) is 14.2. The Kier molecular flexibility index (Phi) is 2.77. The Morgan fingerprint density at radius 3 is 2.86 bits per heavy atom.